The van der Waals surface area contributed by atoms with Crippen molar-refractivity contribution in [3.8, 4) is 11.4 Å². The van der Waals surface area contributed by atoms with Crippen LogP contribution in [0.15, 0.2) is 24.3 Å². The summed E-state index contributed by atoms with van der Waals surface area (Å²) in [6.07, 6.45) is 1.55. The highest BCUT2D eigenvalue weighted by atomic mass is 16.2. The number of aryl methyl sites for hydroxylation is 2. The maximum absolute atomic E-state index is 12.1. The molecular weight excluding hydrogens is 324 g/mol. The van der Waals surface area contributed by atoms with Crippen LogP contribution >= 0.6 is 0 Å². The first-order chi connectivity index (χ1) is 12.5. The average molecular weight is 352 g/mol. The smallest absolute Gasteiger partial charge is 0.222 e. The Labute approximate surface area is 156 Å². The predicted molar refractivity (Wildman–Crippen MR) is 105 cm³/mol. The van der Waals surface area contributed by atoms with Crippen molar-refractivity contribution >= 4 is 11.7 Å². The van der Waals surface area contributed by atoms with Crippen molar-refractivity contribution in [2.75, 3.05) is 31.1 Å². The van der Waals surface area contributed by atoms with E-state index in [1.165, 1.54) is 5.56 Å². The van der Waals surface area contributed by atoms with Gasteiger partial charge in [0.05, 0.1) is 0 Å². The van der Waals surface area contributed by atoms with Gasteiger partial charge in [-0.25, -0.2) is 9.97 Å². The highest BCUT2D eigenvalue weighted by molar-refractivity contribution is 5.76. The Hall–Kier alpha value is -2.43. The molecule has 2 heterocycles. The minimum atomic E-state index is 0.267. The molecule has 1 aromatic heterocycles. The van der Waals surface area contributed by atoms with Gasteiger partial charge in [0.1, 0.15) is 5.82 Å². The van der Waals surface area contributed by atoms with Crippen LogP contribution < -0.4 is 4.90 Å². The van der Waals surface area contributed by atoms with Gasteiger partial charge in [0.25, 0.3) is 0 Å². The van der Waals surface area contributed by atoms with Gasteiger partial charge in [0, 0.05) is 49.4 Å². The van der Waals surface area contributed by atoms with Gasteiger partial charge in [-0.2, -0.15) is 0 Å². The number of hydrogen-bond acceptors (Lipinski definition) is 4. The lowest BCUT2D eigenvalue weighted by molar-refractivity contribution is -0.131. The SMILES string of the molecule is CCCC(=O)N1CCN(c2nc(-c3ccc(C)cc3)nc(C)c2C)CC1. The number of carbonyl (C=O) groups is 1. The van der Waals surface area contributed by atoms with Crippen molar-refractivity contribution < 1.29 is 4.79 Å². The maximum atomic E-state index is 12.1. The van der Waals surface area contributed by atoms with Crippen LogP contribution in [0, 0.1) is 20.8 Å². The summed E-state index contributed by atoms with van der Waals surface area (Å²) in [6.45, 7) is 11.4. The van der Waals surface area contributed by atoms with Crippen LogP contribution in [-0.4, -0.2) is 47.0 Å². The van der Waals surface area contributed by atoms with Crippen LogP contribution in [0.2, 0.25) is 0 Å². The van der Waals surface area contributed by atoms with Crippen LogP contribution in [0.5, 0.6) is 0 Å². The second-order valence-corrected chi connectivity index (χ2v) is 7.07. The Balaban J connectivity index is 1.82. The molecular formula is C21H28N4O. The third kappa shape index (κ3) is 3.87. The van der Waals surface area contributed by atoms with Gasteiger partial charge in [0.15, 0.2) is 5.82 Å². The van der Waals surface area contributed by atoms with Gasteiger partial charge in [0.2, 0.25) is 5.91 Å². The molecule has 5 nitrogen and oxygen atoms in total. The Morgan fingerprint density at radius 1 is 1.00 bits per heavy atom. The second kappa shape index (κ2) is 7.85. The van der Waals surface area contributed by atoms with Gasteiger partial charge in [-0.15, -0.1) is 0 Å². The average Bonchev–Trinajstić information content (AvgIpc) is 2.65. The van der Waals surface area contributed by atoms with Crippen LogP contribution in [0.3, 0.4) is 0 Å². The van der Waals surface area contributed by atoms with Crippen molar-refractivity contribution in [3.05, 3.63) is 41.1 Å². The molecule has 1 aliphatic heterocycles. The lowest BCUT2D eigenvalue weighted by Crippen LogP contribution is -2.49. The first-order valence-corrected chi connectivity index (χ1v) is 9.44. The molecule has 26 heavy (non-hydrogen) atoms. The summed E-state index contributed by atoms with van der Waals surface area (Å²) in [7, 11) is 0. The molecule has 0 unspecified atom stereocenters. The summed E-state index contributed by atoms with van der Waals surface area (Å²) in [5.41, 5.74) is 4.40. The van der Waals surface area contributed by atoms with Crippen LogP contribution in [0.25, 0.3) is 11.4 Å². The van der Waals surface area contributed by atoms with E-state index in [1.54, 1.807) is 0 Å². The number of piperazine rings is 1. The predicted octanol–water partition coefficient (Wildman–Crippen LogP) is 3.52. The van der Waals surface area contributed by atoms with Gasteiger partial charge < -0.3 is 9.80 Å². The molecule has 5 heteroatoms. The van der Waals surface area contributed by atoms with E-state index in [0.717, 1.165) is 61.1 Å². The molecule has 1 fully saturated rings. The van der Waals surface area contributed by atoms with Crippen molar-refractivity contribution in [2.45, 2.75) is 40.5 Å². The molecule has 0 saturated carbocycles. The summed E-state index contributed by atoms with van der Waals surface area (Å²) in [6, 6.07) is 8.33. The molecule has 0 bridgehead atoms. The highest BCUT2D eigenvalue weighted by Gasteiger charge is 2.23. The van der Waals surface area contributed by atoms with Gasteiger partial charge in [-0.05, 0) is 27.2 Å². The number of benzene rings is 1. The summed E-state index contributed by atoms with van der Waals surface area (Å²) in [5, 5.41) is 0. The van der Waals surface area contributed by atoms with Crippen LogP contribution in [0.1, 0.15) is 36.6 Å². The number of nitrogens with zero attached hydrogens (tertiary/aromatic N) is 4. The normalized spacial score (nSPS) is 14.6. The summed E-state index contributed by atoms with van der Waals surface area (Å²) in [4.78, 5) is 25.9. The molecule has 0 atom stereocenters. The number of rotatable bonds is 4. The summed E-state index contributed by atoms with van der Waals surface area (Å²) in [5.74, 6) is 2.03. The largest absolute Gasteiger partial charge is 0.353 e. The molecule has 0 spiro atoms. The first kappa shape index (κ1) is 18.4. The second-order valence-electron chi connectivity index (χ2n) is 7.07. The molecule has 0 aliphatic carbocycles. The van der Waals surface area contributed by atoms with Crippen LogP contribution in [-0.2, 0) is 4.79 Å². The van der Waals surface area contributed by atoms with Gasteiger partial charge in [-0.3, -0.25) is 4.79 Å². The van der Waals surface area contributed by atoms with Crippen molar-refractivity contribution in [1.29, 1.82) is 0 Å². The maximum Gasteiger partial charge on any atom is 0.222 e. The number of amides is 1. The zero-order valence-electron chi connectivity index (χ0n) is 16.2. The molecule has 2 aromatic rings. The van der Waals surface area contributed by atoms with E-state index in [-0.39, 0.29) is 5.91 Å². The quantitative estimate of drug-likeness (QED) is 0.845. The fourth-order valence-electron chi connectivity index (χ4n) is 3.29. The molecule has 1 aromatic carbocycles. The standard InChI is InChI=1S/C21H28N4O/c1-5-6-19(26)24-11-13-25(14-12-24)21-16(3)17(4)22-20(23-21)18-9-7-15(2)8-10-18/h7-10H,5-6,11-14H2,1-4H3. The fourth-order valence-corrected chi connectivity index (χ4v) is 3.29. The van der Waals surface area contributed by atoms with E-state index >= 15 is 0 Å². The number of hydrogen-bond donors (Lipinski definition) is 0. The van der Waals surface area contributed by atoms with E-state index in [0.29, 0.717) is 6.42 Å². The third-order valence-electron chi connectivity index (χ3n) is 5.07. The monoisotopic (exact) mass is 352 g/mol. The molecule has 1 saturated heterocycles. The minimum Gasteiger partial charge on any atom is -0.353 e. The van der Waals surface area contributed by atoms with E-state index < -0.39 is 0 Å². The summed E-state index contributed by atoms with van der Waals surface area (Å²) >= 11 is 0. The molecule has 1 amide bonds. The van der Waals surface area contributed by atoms with E-state index in [4.69, 9.17) is 9.97 Å². The lowest BCUT2D eigenvalue weighted by atomic mass is 10.1. The van der Waals surface area contributed by atoms with Crippen molar-refractivity contribution in [3.63, 3.8) is 0 Å². The van der Waals surface area contributed by atoms with Gasteiger partial charge in [-0.1, -0.05) is 36.8 Å². The highest BCUT2D eigenvalue weighted by Crippen LogP contribution is 2.25. The van der Waals surface area contributed by atoms with Crippen LogP contribution in [0.4, 0.5) is 5.82 Å². The Kier molecular flexibility index (Phi) is 5.55. The molecule has 0 radical (unpaired) electrons. The molecule has 1 aliphatic rings. The van der Waals surface area contributed by atoms with E-state index in [2.05, 4.69) is 43.0 Å². The van der Waals surface area contributed by atoms with E-state index in [9.17, 15) is 4.79 Å². The van der Waals surface area contributed by atoms with Crippen molar-refractivity contribution in [2.24, 2.45) is 0 Å². The lowest BCUT2D eigenvalue weighted by Gasteiger charge is -2.36. The fraction of sp³-hybridized carbons (Fsp3) is 0.476. The third-order valence-corrected chi connectivity index (χ3v) is 5.07. The molecule has 0 N–H and O–H groups in total. The van der Waals surface area contributed by atoms with E-state index in [1.807, 2.05) is 18.7 Å². The Morgan fingerprint density at radius 3 is 2.27 bits per heavy atom. The Morgan fingerprint density at radius 2 is 1.65 bits per heavy atom. The number of anilines is 1. The van der Waals surface area contributed by atoms with Gasteiger partial charge >= 0.3 is 0 Å². The Bertz CT molecular complexity index is 777. The number of carbonyl (C=O) groups excluding carboxylic acids is 1. The van der Waals surface area contributed by atoms with Crippen molar-refractivity contribution in [1.82, 2.24) is 14.9 Å². The first-order valence-electron chi connectivity index (χ1n) is 9.44. The topological polar surface area (TPSA) is 49.3 Å². The molecule has 3 rings (SSSR count). The molecule has 138 valence electrons. The summed E-state index contributed by atoms with van der Waals surface area (Å²) < 4.78 is 0. The zero-order valence-corrected chi connectivity index (χ0v) is 16.2. The number of aromatic nitrogens is 2. The zero-order chi connectivity index (χ0) is 18.7. The minimum absolute atomic E-state index is 0.267.